The minimum atomic E-state index is -0.268. The molecule has 164 valence electrons. The van der Waals surface area contributed by atoms with Gasteiger partial charge in [-0.15, -0.1) is 0 Å². The number of ether oxygens (including phenoxy) is 3. The molecule has 0 amide bonds. The second-order valence-electron chi connectivity index (χ2n) is 6.37. The molecule has 3 nitrogen and oxygen atoms in total. The largest absolute Gasteiger partial charge is 0.490 e. The molecule has 1 fully saturated rings. The summed E-state index contributed by atoms with van der Waals surface area (Å²) in [6, 6.07) is 0. The highest BCUT2D eigenvalue weighted by Crippen LogP contribution is 2.50. The molecule has 3 rings (SSSR count). The van der Waals surface area contributed by atoms with Crippen LogP contribution in [0.15, 0.2) is 44.7 Å². The lowest BCUT2D eigenvalue weighted by Gasteiger charge is -2.40. The topological polar surface area (TPSA) is 27.7 Å². The summed E-state index contributed by atoms with van der Waals surface area (Å²) >= 11 is 35.7. The van der Waals surface area contributed by atoms with Crippen LogP contribution in [0.3, 0.4) is 0 Å². The Morgan fingerprint density at radius 3 is 1.00 bits per heavy atom. The standard InChI is InChI=1S/C17H8Br10O3/c18-5-7(20)11(24)15(12(25)8(5)21)29-3-17(1-28-2-17)4-30-16-13(26)9(22)6(19)10(23)14(16)27/h1-4H2. The van der Waals surface area contributed by atoms with Gasteiger partial charge in [0, 0.05) is 8.95 Å². The number of hydrogen-bond donors (Lipinski definition) is 0. The van der Waals surface area contributed by atoms with Crippen LogP contribution < -0.4 is 9.47 Å². The fourth-order valence-electron chi connectivity index (χ4n) is 2.47. The first-order valence-corrected chi connectivity index (χ1v) is 15.8. The average Bonchev–Trinajstić information content (AvgIpc) is 2.70. The van der Waals surface area contributed by atoms with Gasteiger partial charge in [-0.2, -0.15) is 0 Å². The third kappa shape index (κ3) is 5.46. The van der Waals surface area contributed by atoms with Crippen LogP contribution in [-0.2, 0) is 4.74 Å². The summed E-state index contributed by atoms with van der Waals surface area (Å²) in [7, 11) is 0. The lowest BCUT2D eigenvalue weighted by molar-refractivity contribution is -0.149. The zero-order valence-corrected chi connectivity index (χ0v) is 30.2. The van der Waals surface area contributed by atoms with Gasteiger partial charge in [-0.25, -0.2) is 0 Å². The maximum absolute atomic E-state index is 6.22. The molecule has 13 heteroatoms. The summed E-state index contributed by atoms with van der Waals surface area (Å²) < 4.78 is 26.4. The van der Waals surface area contributed by atoms with E-state index in [4.69, 9.17) is 14.2 Å². The van der Waals surface area contributed by atoms with E-state index >= 15 is 0 Å². The SMILES string of the molecule is Brc1c(Br)c(Br)c(OCC2(COc3c(Br)c(Br)c(Br)c(Br)c3Br)COC2)c(Br)c1Br. The van der Waals surface area contributed by atoms with Crippen LogP contribution in [0, 0.1) is 5.41 Å². The summed E-state index contributed by atoms with van der Waals surface area (Å²) in [5.74, 6) is 1.39. The molecular formula is C17H8Br10O3. The fraction of sp³-hybridized carbons (Fsp3) is 0.294. The Morgan fingerprint density at radius 2 is 0.767 bits per heavy atom. The van der Waals surface area contributed by atoms with Crippen LogP contribution in [0.25, 0.3) is 0 Å². The summed E-state index contributed by atoms with van der Waals surface area (Å²) in [4.78, 5) is 0. The quantitative estimate of drug-likeness (QED) is 0.213. The minimum absolute atomic E-state index is 0.268. The first kappa shape index (κ1) is 27.4. The van der Waals surface area contributed by atoms with Crippen molar-refractivity contribution in [3.05, 3.63) is 44.7 Å². The van der Waals surface area contributed by atoms with Crippen molar-refractivity contribution < 1.29 is 14.2 Å². The monoisotopic (exact) mass is 1050 g/mol. The van der Waals surface area contributed by atoms with E-state index in [1.807, 2.05) is 0 Å². The molecule has 1 aliphatic rings. The summed E-state index contributed by atoms with van der Waals surface area (Å²) in [5, 5.41) is 0. The number of benzene rings is 2. The van der Waals surface area contributed by atoms with Crippen LogP contribution in [0.5, 0.6) is 11.5 Å². The van der Waals surface area contributed by atoms with Gasteiger partial charge in [-0.05, 0) is 159 Å². The Bertz CT molecular complexity index is 873. The molecule has 0 radical (unpaired) electrons. The van der Waals surface area contributed by atoms with E-state index in [1.54, 1.807) is 0 Å². The smallest absolute Gasteiger partial charge is 0.150 e. The number of rotatable bonds is 6. The van der Waals surface area contributed by atoms with E-state index in [9.17, 15) is 0 Å². The highest BCUT2D eigenvalue weighted by Gasteiger charge is 2.42. The molecule has 1 aliphatic heterocycles. The van der Waals surface area contributed by atoms with Gasteiger partial charge in [0.1, 0.15) is 24.7 Å². The Balaban J connectivity index is 1.80. The van der Waals surface area contributed by atoms with Gasteiger partial charge in [0.05, 0.1) is 54.4 Å². The van der Waals surface area contributed by atoms with Gasteiger partial charge in [-0.1, -0.05) is 0 Å². The molecule has 0 aliphatic carbocycles. The highest BCUT2D eigenvalue weighted by molar-refractivity contribution is 9.16. The maximum atomic E-state index is 6.22. The van der Waals surface area contributed by atoms with Crippen molar-refractivity contribution in [1.29, 1.82) is 0 Å². The van der Waals surface area contributed by atoms with Crippen molar-refractivity contribution >= 4 is 159 Å². The third-order valence-corrected chi connectivity index (χ3v) is 16.2. The van der Waals surface area contributed by atoms with Crippen molar-refractivity contribution in [1.82, 2.24) is 0 Å². The summed E-state index contributed by atoms with van der Waals surface area (Å²) in [6.45, 7) is 1.96. The minimum Gasteiger partial charge on any atom is -0.490 e. The fourth-order valence-corrected chi connectivity index (χ4v) is 8.95. The van der Waals surface area contributed by atoms with Crippen LogP contribution in [-0.4, -0.2) is 26.4 Å². The number of hydrogen-bond acceptors (Lipinski definition) is 3. The second-order valence-corrected chi connectivity index (χ2v) is 14.3. The van der Waals surface area contributed by atoms with Gasteiger partial charge in [0.15, 0.2) is 0 Å². The zero-order valence-electron chi connectivity index (χ0n) is 14.3. The maximum Gasteiger partial charge on any atom is 0.150 e. The molecule has 0 atom stereocenters. The molecule has 0 unspecified atom stereocenters. The molecule has 0 N–H and O–H groups in total. The van der Waals surface area contributed by atoms with Crippen molar-refractivity contribution in [3.63, 3.8) is 0 Å². The Hall–Kier alpha value is 2.80. The van der Waals surface area contributed by atoms with Crippen LogP contribution in [0.4, 0.5) is 0 Å². The molecule has 0 spiro atoms. The molecule has 30 heavy (non-hydrogen) atoms. The van der Waals surface area contributed by atoms with Crippen LogP contribution in [0.1, 0.15) is 0 Å². The molecule has 2 aromatic rings. The first-order valence-electron chi connectivity index (χ1n) is 7.87. The van der Waals surface area contributed by atoms with Gasteiger partial charge >= 0.3 is 0 Å². The van der Waals surface area contributed by atoms with E-state index in [0.29, 0.717) is 37.9 Å². The van der Waals surface area contributed by atoms with Crippen LogP contribution in [0.2, 0.25) is 0 Å². The van der Waals surface area contributed by atoms with Crippen molar-refractivity contribution in [2.24, 2.45) is 5.41 Å². The lowest BCUT2D eigenvalue weighted by Crippen LogP contribution is -2.51. The highest BCUT2D eigenvalue weighted by atomic mass is 79.9. The average molecular weight is 1060 g/mol. The van der Waals surface area contributed by atoms with Gasteiger partial charge in [-0.3, -0.25) is 0 Å². The summed E-state index contributed by atoms with van der Waals surface area (Å²) in [6.07, 6.45) is 0. The van der Waals surface area contributed by atoms with E-state index in [-0.39, 0.29) is 5.41 Å². The zero-order chi connectivity index (χ0) is 22.4. The van der Waals surface area contributed by atoms with Gasteiger partial charge in [0.25, 0.3) is 0 Å². The van der Waals surface area contributed by atoms with E-state index in [1.165, 1.54) is 0 Å². The molecule has 2 aromatic carbocycles. The van der Waals surface area contributed by atoms with Crippen molar-refractivity contribution in [3.8, 4) is 11.5 Å². The Labute approximate surface area is 257 Å². The van der Waals surface area contributed by atoms with Crippen molar-refractivity contribution in [2.75, 3.05) is 26.4 Å². The third-order valence-electron chi connectivity index (χ3n) is 4.20. The molecule has 1 saturated heterocycles. The Morgan fingerprint density at radius 1 is 0.500 bits per heavy atom. The Kier molecular flexibility index (Phi) is 10.3. The van der Waals surface area contributed by atoms with E-state index < -0.39 is 0 Å². The second kappa shape index (κ2) is 11.2. The lowest BCUT2D eigenvalue weighted by atomic mass is 9.88. The molecule has 0 saturated carbocycles. The summed E-state index contributed by atoms with van der Waals surface area (Å²) in [5.41, 5.74) is -0.268. The predicted octanol–water partition coefficient (Wildman–Crippen LogP) is 10.8. The first-order chi connectivity index (χ1) is 14.0. The van der Waals surface area contributed by atoms with E-state index in [2.05, 4.69) is 159 Å². The molecule has 0 aromatic heterocycles. The number of halogens is 10. The van der Waals surface area contributed by atoms with Crippen LogP contribution >= 0.6 is 159 Å². The van der Waals surface area contributed by atoms with Gasteiger partial charge < -0.3 is 14.2 Å². The molecule has 0 bridgehead atoms. The normalized spacial score (nSPS) is 15.1. The molecular weight excluding hydrogens is 1050 g/mol. The van der Waals surface area contributed by atoms with Crippen molar-refractivity contribution in [2.45, 2.75) is 0 Å². The predicted molar refractivity (Wildman–Crippen MR) is 154 cm³/mol. The molecule has 1 heterocycles. The van der Waals surface area contributed by atoms with E-state index in [0.717, 1.165) is 44.7 Å². The van der Waals surface area contributed by atoms with Gasteiger partial charge in [0.2, 0.25) is 0 Å².